The molecule has 18 heavy (non-hydrogen) atoms. The molecule has 0 saturated heterocycles. The summed E-state index contributed by atoms with van der Waals surface area (Å²) in [4.78, 5) is 11.3. The van der Waals surface area contributed by atoms with Gasteiger partial charge >= 0.3 is 5.97 Å². The van der Waals surface area contributed by atoms with E-state index in [2.05, 4.69) is 5.32 Å². The van der Waals surface area contributed by atoms with Crippen LogP contribution in [0.5, 0.6) is 5.75 Å². The summed E-state index contributed by atoms with van der Waals surface area (Å²) in [7, 11) is 0. The van der Waals surface area contributed by atoms with E-state index >= 15 is 0 Å². The summed E-state index contributed by atoms with van der Waals surface area (Å²) >= 11 is 0. The SMILES string of the molecule is CCOC(=O)C(C)NCCCOc1ccccc1. The average Bonchev–Trinajstić information content (AvgIpc) is 2.39. The number of para-hydroxylation sites is 1. The molecule has 0 saturated carbocycles. The third-order valence-corrected chi connectivity index (χ3v) is 2.42. The minimum absolute atomic E-state index is 0.207. The standard InChI is InChI=1S/C14H21NO3/c1-3-17-14(16)12(2)15-10-7-11-18-13-8-5-4-6-9-13/h4-6,8-9,12,15H,3,7,10-11H2,1-2H3. The third-order valence-electron chi connectivity index (χ3n) is 2.42. The fraction of sp³-hybridized carbons (Fsp3) is 0.500. The number of benzene rings is 1. The summed E-state index contributed by atoms with van der Waals surface area (Å²) in [5, 5.41) is 3.10. The van der Waals surface area contributed by atoms with Gasteiger partial charge in [-0.05, 0) is 38.9 Å². The van der Waals surface area contributed by atoms with Crippen LogP contribution in [-0.2, 0) is 9.53 Å². The van der Waals surface area contributed by atoms with Crippen LogP contribution in [-0.4, -0.2) is 31.8 Å². The first kappa shape index (κ1) is 14.5. The fourth-order valence-electron chi connectivity index (χ4n) is 1.45. The van der Waals surface area contributed by atoms with E-state index in [0.717, 1.165) is 18.7 Å². The number of hydrogen-bond donors (Lipinski definition) is 1. The van der Waals surface area contributed by atoms with Crippen molar-refractivity contribution in [2.75, 3.05) is 19.8 Å². The monoisotopic (exact) mass is 251 g/mol. The average molecular weight is 251 g/mol. The van der Waals surface area contributed by atoms with Crippen molar-refractivity contribution in [1.82, 2.24) is 5.32 Å². The molecule has 0 radical (unpaired) electrons. The van der Waals surface area contributed by atoms with Gasteiger partial charge in [0.05, 0.1) is 13.2 Å². The Kier molecular flexibility index (Phi) is 6.87. The highest BCUT2D eigenvalue weighted by Crippen LogP contribution is 2.08. The van der Waals surface area contributed by atoms with Crippen molar-refractivity contribution in [3.63, 3.8) is 0 Å². The quantitative estimate of drug-likeness (QED) is 0.567. The van der Waals surface area contributed by atoms with Crippen molar-refractivity contribution in [2.24, 2.45) is 0 Å². The van der Waals surface area contributed by atoms with E-state index < -0.39 is 0 Å². The van der Waals surface area contributed by atoms with Gasteiger partial charge in [-0.25, -0.2) is 0 Å². The van der Waals surface area contributed by atoms with E-state index in [1.807, 2.05) is 30.3 Å². The van der Waals surface area contributed by atoms with E-state index in [0.29, 0.717) is 13.2 Å². The molecule has 0 heterocycles. The van der Waals surface area contributed by atoms with E-state index in [-0.39, 0.29) is 12.0 Å². The zero-order chi connectivity index (χ0) is 13.2. The highest BCUT2D eigenvalue weighted by atomic mass is 16.5. The number of nitrogens with one attached hydrogen (secondary N) is 1. The molecule has 1 unspecified atom stereocenters. The molecule has 4 nitrogen and oxygen atoms in total. The molecule has 1 N–H and O–H groups in total. The van der Waals surface area contributed by atoms with Crippen LogP contribution in [0.3, 0.4) is 0 Å². The Labute approximate surface area is 108 Å². The molecule has 1 aromatic carbocycles. The molecule has 0 aromatic heterocycles. The van der Waals surface area contributed by atoms with Crippen molar-refractivity contribution >= 4 is 5.97 Å². The summed E-state index contributed by atoms with van der Waals surface area (Å²) in [6.45, 7) is 5.38. The van der Waals surface area contributed by atoms with Crippen LogP contribution in [0.1, 0.15) is 20.3 Å². The lowest BCUT2D eigenvalue weighted by Gasteiger charge is -2.12. The van der Waals surface area contributed by atoms with Gasteiger partial charge in [-0.2, -0.15) is 0 Å². The molecular weight excluding hydrogens is 230 g/mol. The maximum Gasteiger partial charge on any atom is 0.322 e. The predicted molar refractivity (Wildman–Crippen MR) is 70.7 cm³/mol. The first-order valence-electron chi connectivity index (χ1n) is 6.32. The number of esters is 1. The molecule has 0 bridgehead atoms. The van der Waals surface area contributed by atoms with Gasteiger partial charge < -0.3 is 14.8 Å². The second-order valence-corrected chi connectivity index (χ2v) is 3.94. The van der Waals surface area contributed by atoms with Crippen molar-refractivity contribution in [1.29, 1.82) is 0 Å². The van der Waals surface area contributed by atoms with Crippen LogP contribution < -0.4 is 10.1 Å². The van der Waals surface area contributed by atoms with Gasteiger partial charge in [0, 0.05) is 0 Å². The van der Waals surface area contributed by atoms with Gasteiger partial charge in [-0.3, -0.25) is 4.79 Å². The van der Waals surface area contributed by atoms with Crippen LogP contribution in [0, 0.1) is 0 Å². The van der Waals surface area contributed by atoms with E-state index in [4.69, 9.17) is 9.47 Å². The lowest BCUT2D eigenvalue weighted by Crippen LogP contribution is -2.36. The van der Waals surface area contributed by atoms with Crippen molar-refractivity contribution in [3.05, 3.63) is 30.3 Å². The minimum atomic E-state index is -0.262. The molecule has 1 aromatic rings. The van der Waals surface area contributed by atoms with Crippen LogP contribution >= 0.6 is 0 Å². The van der Waals surface area contributed by atoms with Gasteiger partial charge in [-0.1, -0.05) is 18.2 Å². The maximum atomic E-state index is 11.3. The Morgan fingerprint density at radius 3 is 2.72 bits per heavy atom. The highest BCUT2D eigenvalue weighted by Gasteiger charge is 2.11. The summed E-state index contributed by atoms with van der Waals surface area (Å²) in [5.74, 6) is 0.664. The Bertz CT molecular complexity index is 340. The van der Waals surface area contributed by atoms with Gasteiger partial charge in [0.25, 0.3) is 0 Å². The smallest absolute Gasteiger partial charge is 0.322 e. The molecular formula is C14H21NO3. The van der Waals surface area contributed by atoms with Crippen LogP contribution in [0.15, 0.2) is 30.3 Å². The Hall–Kier alpha value is -1.55. The fourth-order valence-corrected chi connectivity index (χ4v) is 1.45. The number of hydrogen-bond acceptors (Lipinski definition) is 4. The minimum Gasteiger partial charge on any atom is -0.494 e. The van der Waals surface area contributed by atoms with E-state index in [1.54, 1.807) is 13.8 Å². The number of ether oxygens (including phenoxy) is 2. The van der Waals surface area contributed by atoms with Crippen LogP contribution in [0.4, 0.5) is 0 Å². The van der Waals surface area contributed by atoms with Gasteiger partial charge in [-0.15, -0.1) is 0 Å². The van der Waals surface area contributed by atoms with E-state index in [1.165, 1.54) is 0 Å². The molecule has 0 aliphatic carbocycles. The molecule has 0 fully saturated rings. The first-order valence-corrected chi connectivity index (χ1v) is 6.32. The predicted octanol–water partition coefficient (Wildman–Crippen LogP) is 2.00. The second-order valence-electron chi connectivity index (χ2n) is 3.94. The lowest BCUT2D eigenvalue weighted by molar-refractivity contribution is -0.145. The third kappa shape index (κ3) is 5.68. The first-order chi connectivity index (χ1) is 8.74. The molecule has 0 spiro atoms. The molecule has 1 atom stereocenters. The Balaban J connectivity index is 2.07. The molecule has 0 aliphatic rings. The summed E-state index contributed by atoms with van der Waals surface area (Å²) in [5.41, 5.74) is 0. The summed E-state index contributed by atoms with van der Waals surface area (Å²) in [6.07, 6.45) is 0.846. The van der Waals surface area contributed by atoms with Crippen LogP contribution in [0.2, 0.25) is 0 Å². The maximum absolute atomic E-state index is 11.3. The molecule has 4 heteroatoms. The molecule has 0 aliphatic heterocycles. The second kappa shape index (κ2) is 8.53. The Morgan fingerprint density at radius 2 is 2.06 bits per heavy atom. The highest BCUT2D eigenvalue weighted by molar-refractivity contribution is 5.75. The summed E-state index contributed by atoms with van der Waals surface area (Å²) in [6, 6.07) is 9.42. The zero-order valence-corrected chi connectivity index (χ0v) is 11.0. The van der Waals surface area contributed by atoms with Crippen LogP contribution in [0.25, 0.3) is 0 Å². The topological polar surface area (TPSA) is 47.6 Å². The largest absolute Gasteiger partial charge is 0.494 e. The van der Waals surface area contributed by atoms with Crippen molar-refractivity contribution in [2.45, 2.75) is 26.3 Å². The number of carbonyl (C=O) groups is 1. The lowest BCUT2D eigenvalue weighted by atomic mass is 10.3. The molecule has 1 rings (SSSR count). The van der Waals surface area contributed by atoms with E-state index in [9.17, 15) is 4.79 Å². The van der Waals surface area contributed by atoms with Crippen molar-refractivity contribution < 1.29 is 14.3 Å². The normalized spacial score (nSPS) is 11.9. The van der Waals surface area contributed by atoms with Gasteiger partial charge in [0.2, 0.25) is 0 Å². The number of rotatable bonds is 8. The molecule has 0 amide bonds. The summed E-state index contributed by atoms with van der Waals surface area (Å²) < 4.78 is 10.4. The Morgan fingerprint density at radius 1 is 1.33 bits per heavy atom. The molecule has 100 valence electrons. The van der Waals surface area contributed by atoms with Gasteiger partial charge in [0.1, 0.15) is 11.8 Å². The van der Waals surface area contributed by atoms with Gasteiger partial charge in [0.15, 0.2) is 0 Å². The van der Waals surface area contributed by atoms with Crippen molar-refractivity contribution in [3.8, 4) is 5.75 Å². The number of carbonyl (C=O) groups excluding carboxylic acids is 1. The zero-order valence-electron chi connectivity index (χ0n) is 11.0.